The fraction of sp³-hybridized carbons (Fsp3) is 0.500. The van der Waals surface area contributed by atoms with Crippen molar-refractivity contribution in [3.05, 3.63) is 12.2 Å². The van der Waals surface area contributed by atoms with Crippen LogP contribution in [0.5, 0.6) is 0 Å². The van der Waals surface area contributed by atoms with Gasteiger partial charge < -0.3 is 15.5 Å². The molecule has 126 valence electrons. The Morgan fingerprint density at radius 2 is 1.65 bits per heavy atom. The van der Waals surface area contributed by atoms with Gasteiger partial charge in [0.25, 0.3) is 11.8 Å². The van der Waals surface area contributed by atoms with Crippen LogP contribution in [-0.4, -0.2) is 57.4 Å². The highest BCUT2D eigenvalue weighted by Crippen LogP contribution is 2.12. The van der Waals surface area contributed by atoms with Crippen LogP contribution in [0.15, 0.2) is 12.2 Å². The van der Waals surface area contributed by atoms with Crippen molar-refractivity contribution >= 4 is 29.7 Å². The van der Waals surface area contributed by atoms with E-state index in [1.807, 2.05) is 0 Å². The summed E-state index contributed by atoms with van der Waals surface area (Å²) >= 11 is 0. The maximum absolute atomic E-state index is 11.9. The Kier molecular flexibility index (Phi) is 6.43. The van der Waals surface area contributed by atoms with E-state index in [0.717, 1.165) is 17.1 Å². The zero-order valence-electron chi connectivity index (χ0n) is 12.5. The molecular formula is C14H18N2O7. The topological polar surface area (TPSA) is 141 Å². The molecule has 1 aliphatic rings. The summed E-state index contributed by atoms with van der Waals surface area (Å²) in [6.45, 7) is 1.58. The van der Waals surface area contributed by atoms with Crippen molar-refractivity contribution in [1.82, 2.24) is 10.2 Å². The number of hydrogen-bond donors (Lipinski definition) is 3. The summed E-state index contributed by atoms with van der Waals surface area (Å²) in [4.78, 5) is 57.5. The van der Waals surface area contributed by atoms with Gasteiger partial charge in [0.1, 0.15) is 0 Å². The van der Waals surface area contributed by atoms with E-state index in [1.54, 1.807) is 6.92 Å². The summed E-state index contributed by atoms with van der Waals surface area (Å²) in [6, 6.07) is -1.06. The summed E-state index contributed by atoms with van der Waals surface area (Å²) in [5, 5.41) is 20.3. The van der Waals surface area contributed by atoms with Gasteiger partial charge in [-0.15, -0.1) is 0 Å². The van der Waals surface area contributed by atoms with Crippen molar-refractivity contribution in [2.24, 2.45) is 5.92 Å². The smallest absolute Gasteiger partial charge is 0.320 e. The lowest BCUT2D eigenvalue weighted by atomic mass is 9.95. The largest absolute Gasteiger partial charge is 0.481 e. The van der Waals surface area contributed by atoms with E-state index in [9.17, 15) is 24.0 Å². The molecule has 3 amide bonds. The molecule has 0 spiro atoms. The lowest BCUT2D eigenvalue weighted by molar-refractivity contribution is -0.156. The first-order valence-corrected chi connectivity index (χ1v) is 7.06. The zero-order valence-corrected chi connectivity index (χ0v) is 12.5. The molecule has 1 aliphatic heterocycles. The molecule has 0 fully saturated rings. The summed E-state index contributed by atoms with van der Waals surface area (Å²) in [5.41, 5.74) is 0. The van der Waals surface area contributed by atoms with Crippen molar-refractivity contribution < 1.29 is 34.2 Å². The molecule has 0 aromatic heterocycles. The van der Waals surface area contributed by atoms with Crippen molar-refractivity contribution in [3.8, 4) is 0 Å². The van der Waals surface area contributed by atoms with E-state index in [4.69, 9.17) is 10.2 Å². The first-order valence-electron chi connectivity index (χ1n) is 7.06. The van der Waals surface area contributed by atoms with Gasteiger partial charge in [-0.25, -0.2) is 0 Å². The molecule has 0 saturated carbocycles. The highest BCUT2D eigenvalue weighted by Gasteiger charge is 2.35. The van der Waals surface area contributed by atoms with E-state index in [-0.39, 0.29) is 19.4 Å². The van der Waals surface area contributed by atoms with Crippen LogP contribution >= 0.6 is 0 Å². The maximum atomic E-state index is 11.9. The fourth-order valence-electron chi connectivity index (χ4n) is 2.23. The summed E-state index contributed by atoms with van der Waals surface area (Å²) < 4.78 is 0. The Labute approximate surface area is 131 Å². The zero-order chi connectivity index (χ0) is 17.6. The molecular weight excluding hydrogens is 308 g/mol. The number of imide groups is 1. The van der Waals surface area contributed by atoms with Gasteiger partial charge in [0.15, 0.2) is 5.92 Å². The molecule has 1 atom stereocenters. The molecule has 0 bridgehead atoms. The van der Waals surface area contributed by atoms with E-state index in [0.29, 0.717) is 6.42 Å². The predicted molar refractivity (Wildman–Crippen MR) is 76.1 cm³/mol. The molecule has 0 aliphatic carbocycles. The van der Waals surface area contributed by atoms with Crippen LogP contribution in [0, 0.1) is 5.92 Å². The van der Waals surface area contributed by atoms with Crippen molar-refractivity contribution in [2.45, 2.75) is 32.2 Å². The second-order valence-corrected chi connectivity index (χ2v) is 5.03. The third-order valence-corrected chi connectivity index (χ3v) is 3.34. The first kappa shape index (κ1) is 18.3. The van der Waals surface area contributed by atoms with Crippen LogP contribution in [0.3, 0.4) is 0 Å². The molecule has 1 heterocycles. The van der Waals surface area contributed by atoms with Gasteiger partial charge in [-0.3, -0.25) is 28.9 Å². The molecule has 0 radical (unpaired) electrons. The monoisotopic (exact) mass is 326 g/mol. The second kappa shape index (κ2) is 8.06. The number of carboxylic acids is 2. The van der Waals surface area contributed by atoms with Gasteiger partial charge in [-0.2, -0.15) is 0 Å². The van der Waals surface area contributed by atoms with Gasteiger partial charge in [-0.1, -0.05) is 13.3 Å². The minimum Gasteiger partial charge on any atom is -0.481 e. The SMILES string of the molecule is CCC[C@H](NC(=O)CCN1C(=O)C=CC1=O)C(C(=O)O)C(=O)O. The fourth-order valence-corrected chi connectivity index (χ4v) is 2.23. The van der Waals surface area contributed by atoms with E-state index < -0.39 is 41.6 Å². The van der Waals surface area contributed by atoms with Crippen molar-refractivity contribution in [1.29, 1.82) is 0 Å². The van der Waals surface area contributed by atoms with Crippen LogP contribution in [0.1, 0.15) is 26.2 Å². The van der Waals surface area contributed by atoms with E-state index in [1.165, 1.54) is 0 Å². The molecule has 1 rings (SSSR count). The Hall–Kier alpha value is -2.71. The molecule has 0 aromatic rings. The standard InChI is InChI=1S/C14H18N2O7/c1-2-3-8(12(13(20)21)14(22)23)15-9(17)6-7-16-10(18)4-5-11(16)19/h4-5,8,12H,2-3,6-7H2,1H3,(H,15,17)(H,20,21)(H,22,23)/t8-/m0/s1. The number of nitrogens with one attached hydrogen (secondary N) is 1. The minimum absolute atomic E-state index is 0.153. The second-order valence-electron chi connectivity index (χ2n) is 5.03. The Morgan fingerprint density at radius 3 is 2.09 bits per heavy atom. The van der Waals surface area contributed by atoms with Crippen molar-refractivity contribution in [3.63, 3.8) is 0 Å². The molecule has 0 unspecified atom stereocenters. The average Bonchev–Trinajstić information content (AvgIpc) is 2.75. The van der Waals surface area contributed by atoms with Gasteiger partial charge in [0.2, 0.25) is 5.91 Å². The number of carbonyl (C=O) groups is 5. The lowest BCUT2D eigenvalue weighted by Crippen LogP contribution is -2.47. The number of carboxylic acid groups (broad SMARTS) is 2. The average molecular weight is 326 g/mol. The molecule has 23 heavy (non-hydrogen) atoms. The van der Waals surface area contributed by atoms with Gasteiger partial charge in [0, 0.05) is 25.1 Å². The first-order chi connectivity index (χ1) is 10.8. The third kappa shape index (κ3) is 4.90. The van der Waals surface area contributed by atoms with Crippen LogP contribution in [-0.2, 0) is 24.0 Å². The highest BCUT2D eigenvalue weighted by atomic mass is 16.4. The normalized spacial score (nSPS) is 15.1. The quantitative estimate of drug-likeness (QED) is 0.378. The van der Waals surface area contributed by atoms with Gasteiger partial charge in [-0.05, 0) is 6.42 Å². The molecule has 3 N–H and O–H groups in total. The van der Waals surface area contributed by atoms with Gasteiger partial charge in [0.05, 0.1) is 6.04 Å². The number of carbonyl (C=O) groups excluding carboxylic acids is 3. The molecule has 9 heteroatoms. The molecule has 0 saturated heterocycles. The minimum atomic E-state index is -1.75. The lowest BCUT2D eigenvalue weighted by Gasteiger charge is -2.22. The van der Waals surface area contributed by atoms with E-state index in [2.05, 4.69) is 5.32 Å². The van der Waals surface area contributed by atoms with Crippen LogP contribution in [0.2, 0.25) is 0 Å². The molecule has 9 nitrogen and oxygen atoms in total. The van der Waals surface area contributed by atoms with Crippen molar-refractivity contribution in [2.75, 3.05) is 6.54 Å². The van der Waals surface area contributed by atoms with Crippen LogP contribution < -0.4 is 5.32 Å². The number of aliphatic carboxylic acids is 2. The Balaban J connectivity index is 2.63. The predicted octanol–water partition coefficient (Wildman–Crippen LogP) is -0.628. The number of hydrogen-bond acceptors (Lipinski definition) is 5. The number of rotatable bonds is 9. The third-order valence-electron chi connectivity index (χ3n) is 3.34. The Bertz CT molecular complexity index is 523. The van der Waals surface area contributed by atoms with Gasteiger partial charge >= 0.3 is 11.9 Å². The van der Waals surface area contributed by atoms with Crippen LogP contribution in [0.25, 0.3) is 0 Å². The molecule has 0 aromatic carbocycles. The summed E-state index contributed by atoms with van der Waals surface area (Å²) in [5.74, 6) is -6.50. The highest BCUT2D eigenvalue weighted by molar-refractivity contribution is 6.13. The Morgan fingerprint density at radius 1 is 1.13 bits per heavy atom. The number of amides is 3. The van der Waals surface area contributed by atoms with Crippen LogP contribution in [0.4, 0.5) is 0 Å². The summed E-state index contributed by atoms with van der Waals surface area (Å²) in [6.07, 6.45) is 2.61. The van der Waals surface area contributed by atoms with E-state index >= 15 is 0 Å². The number of nitrogens with zero attached hydrogens (tertiary/aromatic N) is 1. The maximum Gasteiger partial charge on any atom is 0.320 e. The summed E-state index contributed by atoms with van der Waals surface area (Å²) in [7, 11) is 0.